The maximum Gasteiger partial charge on any atom is 0.268 e. The molecular formula is C18H19N3O3S. The molecule has 130 valence electrons. The van der Waals surface area contributed by atoms with Crippen molar-refractivity contribution in [2.24, 2.45) is 0 Å². The van der Waals surface area contributed by atoms with Gasteiger partial charge in [0.2, 0.25) is 10.0 Å². The first kappa shape index (κ1) is 17.3. The number of nitrogens with zero attached hydrogens (tertiary/aromatic N) is 1. The standard InChI is InChI=1S/C18H19N3O3S/c22-18(19-10-6-9-15-7-2-1-3-8-15)17-13-16(14-20-17)25(23,24)21-11-4-5-12-21/h1-3,7-8,13-14,20H,4-5,10-12H2,(H,19,22). The Balaban J connectivity index is 1.60. The molecule has 3 rings (SSSR count). The van der Waals surface area contributed by atoms with Crippen molar-refractivity contribution in [3.05, 3.63) is 53.9 Å². The number of benzene rings is 1. The maximum absolute atomic E-state index is 12.4. The Hall–Kier alpha value is -2.56. The summed E-state index contributed by atoms with van der Waals surface area (Å²) in [6, 6.07) is 10.8. The molecule has 1 saturated heterocycles. The largest absolute Gasteiger partial charge is 0.356 e. The summed E-state index contributed by atoms with van der Waals surface area (Å²) in [4.78, 5) is 14.9. The number of amides is 1. The molecule has 1 aliphatic rings. The van der Waals surface area contributed by atoms with Gasteiger partial charge in [-0.15, -0.1) is 0 Å². The van der Waals surface area contributed by atoms with E-state index in [-0.39, 0.29) is 23.0 Å². The quantitative estimate of drug-likeness (QED) is 0.815. The summed E-state index contributed by atoms with van der Waals surface area (Å²) >= 11 is 0. The Morgan fingerprint density at radius 1 is 1.20 bits per heavy atom. The van der Waals surface area contributed by atoms with Crippen LogP contribution in [0, 0.1) is 11.8 Å². The van der Waals surface area contributed by atoms with Gasteiger partial charge in [-0.05, 0) is 31.0 Å². The van der Waals surface area contributed by atoms with E-state index in [1.54, 1.807) is 0 Å². The van der Waals surface area contributed by atoms with Crippen LogP contribution in [0.15, 0.2) is 47.5 Å². The molecule has 0 atom stereocenters. The van der Waals surface area contributed by atoms with Gasteiger partial charge in [0.15, 0.2) is 0 Å². The number of carbonyl (C=O) groups is 1. The van der Waals surface area contributed by atoms with Gasteiger partial charge in [-0.25, -0.2) is 8.42 Å². The van der Waals surface area contributed by atoms with Crippen molar-refractivity contribution in [3.8, 4) is 11.8 Å². The minimum atomic E-state index is -3.52. The smallest absolute Gasteiger partial charge is 0.268 e. The maximum atomic E-state index is 12.4. The van der Waals surface area contributed by atoms with Crippen LogP contribution in [0.1, 0.15) is 28.9 Å². The van der Waals surface area contributed by atoms with Crippen molar-refractivity contribution < 1.29 is 13.2 Å². The highest BCUT2D eigenvalue weighted by Gasteiger charge is 2.28. The van der Waals surface area contributed by atoms with Crippen molar-refractivity contribution >= 4 is 15.9 Å². The highest BCUT2D eigenvalue weighted by Crippen LogP contribution is 2.21. The Morgan fingerprint density at radius 3 is 2.64 bits per heavy atom. The fraction of sp³-hybridized carbons (Fsp3) is 0.278. The fourth-order valence-electron chi connectivity index (χ4n) is 2.62. The van der Waals surface area contributed by atoms with Crippen molar-refractivity contribution in [3.63, 3.8) is 0 Å². The van der Waals surface area contributed by atoms with Crippen LogP contribution in [-0.4, -0.2) is 43.2 Å². The van der Waals surface area contributed by atoms with Crippen LogP contribution < -0.4 is 5.32 Å². The Bertz CT molecular complexity index is 902. The van der Waals surface area contributed by atoms with Crippen molar-refractivity contribution in [2.75, 3.05) is 19.6 Å². The second-order valence-electron chi connectivity index (χ2n) is 5.71. The van der Waals surface area contributed by atoms with Crippen LogP contribution in [0.2, 0.25) is 0 Å². The van der Waals surface area contributed by atoms with Gasteiger partial charge >= 0.3 is 0 Å². The minimum absolute atomic E-state index is 0.120. The number of aromatic amines is 1. The van der Waals surface area contributed by atoms with Gasteiger partial charge in [-0.1, -0.05) is 30.0 Å². The molecule has 2 aromatic rings. The molecule has 0 bridgehead atoms. The van der Waals surface area contributed by atoms with Gasteiger partial charge in [-0.3, -0.25) is 4.79 Å². The molecule has 1 aliphatic heterocycles. The molecule has 25 heavy (non-hydrogen) atoms. The number of hydrogen-bond acceptors (Lipinski definition) is 3. The summed E-state index contributed by atoms with van der Waals surface area (Å²) in [5, 5.41) is 2.65. The van der Waals surface area contributed by atoms with Crippen LogP contribution in [-0.2, 0) is 10.0 Å². The van der Waals surface area contributed by atoms with Gasteiger partial charge in [0.1, 0.15) is 10.6 Å². The van der Waals surface area contributed by atoms with Gasteiger partial charge in [0.25, 0.3) is 5.91 Å². The van der Waals surface area contributed by atoms with E-state index in [9.17, 15) is 13.2 Å². The Labute approximate surface area is 147 Å². The van der Waals surface area contributed by atoms with Crippen molar-refractivity contribution in [1.82, 2.24) is 14.6 Å². The van der Waals surface area contributed by atoms with Gasteiger partial charge in [0.05, 0.1) is 6.54 Å². The lowest BCUT2D eigenvalue weighted by Gasteiger charge is -2.13. The lowest BCUT2D eigenvalue weighted by atomic mass is 10.2. The third kappa shape index (κ3) is 4.10. The van der Waals surface area contributed by atoms with Crippen molar-refractivity contribution in [2.45, 2.75) is 17.7 Å². The topological polar surface area (TPSA) is 82.3 Å². The SMILES string of the molecule is O=C(NCC#Cc1ccccc1)c1cc(S(=O)(=O)N2CCCC2)c[nH]1. The number of nitrogens with one attached hydrogen (secondary N) is 2. The summed E-state index contributed by atoms with van der Waals surface area (Å²) in [5.74, 6) is 5.42. The molecule has 1 aromatic heterocycles. The van der Waals surface area contributed by atoms with E-state index in [0.29, 0.717) is 13.1 Å². The predicted octanol–water partition coefficient (Wildman–Crippen LogP) is 1.58. The molecule has 0 radical (unpaired) electrons. The number of H-pyrrole nitrogens is 1. The Kier molecular flexibility index (Phi) is 5.22. The third-order valence-corrected chi connectivity index (χ3v) is 5.82. The number of carbonyl (C=O) groups excluding carboxylic acids is 1. The van der Waals surface area contributed by atoms with Gasteiger partial charge in [0, 0.05) is 24.8 Å². The average molecular weight is 357 g/mol. The molecule has 2 N–H and O–H groups in total. The fourth-order valence-corrected chi connectivity index (χ4v) is 4.13. The summed E-state index contributed by atoms with van der Waals surface area (Å²) in [6.45, 7) is 1.25. The molecular weight excluding hydrogens is 338 g/mol. The lowest BCUT2D eigenvalue weighted by Crippen LogP contribution is -2.27. The van der Waals surface area contributed by atoms with Crippen molar-refractivity contribution in [1.29, 1.82) is 0 Å². The highest BCUT2D eigenvalue weighted by atomic mass is 32.2. The van der Waals surface area contributed by atoms with Gasteiger partial charge in [-0.2, -0.15) is 4.31 Å². The summed E-state index contributed by atoms with van der Waals surface area (Å²) in [7, 11) is -3.52. The second kappa shape index (κ2) is 7.55. The van der Waals surface area contributed by atoms with E-state index in [1.165, 1.54) is 16.6 Å². The van der Waals surface area contributed by atoms with Crippen LogP contribution in [0.25, 0.3) is 0 Å². The monoisotopic (exact) mass is 357 g/mol. The van der Waals surface area contributed by atoms with E-state index in [4.69, 9.17) is 0 Å². The number of hydrogen-bond donors (Lipinski definition) is 2. The molecule has 0 aliphatic carbocycles. The summed E-state index contributed by atoms with van der Waals surface area (Å²) < 4.78 is 26.3. The zero-order valence-corrected chi connectivity index (χ0v) is 14.5. The molecule has 1 amide bonds. The molecule has 0 unspecified atom stereocenters. The van der Waals surface area contributed by atoms with Crippen LogP contribution in [0.3, 0.4) is 0 Å². The second-order valence-corrected chi connectivity index (χ2v) is 7.65. The highest BCUT2D eigenvalue weighted by molar-refractivity contribution is 7.89. The van der Waals surface area contributed by atoms with Crippen LogP contribution in [0.5, 0.6) is 0 Å². The first-order chi connectivity index (χ1) is 12.1. The van der Waals surface area contributed by atoms with Gasteiger partial charge < -0.3 is 10.3 Å². The summed E-state index contributed by atoms with van der Waals surface area (Å²) in [5.41, 5.74) is 1.08. The third-order valence-electron chi connectivity index (χ3n) is 3.95. The van der Waals surface area contributed by atoms with E-state index in [2.05, 4.69) is 22.1 Å². The lowest BCUT2D eigenvalue weighted by molar-refractivity contribution is 0.0954. The molecule has 1 fully saturated rings. The summed E-state index contributed by atoms with van der Waals surface area (Å²) in [6.07, 6.45) is 3.10. The van der Waals surface area contributed by atoms with E-state index >= 15 is 0 Å². The normalized spacial score (nSPS) is 14.7. The minimum Gasteiger partial charge on any atom is -0.356 e. The average Bonchev–Trinajstić information content (AvgIpc) is 3.31. The van der Waals surface area contributed by atoms with E-state index < -0.39 is 10.0 Å². The zero-order chi connectivity index (χ0) is 17.7. The van der Waals surface area contributed by atoms with Crippen LogP contribution in [0.4, 0.5) is 0 Å². The predicted molar refractivity (Wildman–Crippen MR) is 94.4 cm³/mol. The van der Waals surface area contributed by atoms with E-state index in [0.717, 1.165) is 18.4 Å². The molecule has 7 heteroatoms. The molecule has 0 spiro atoms. The molecule has 0 saturated carbocycles. The molecule has 2 heterocycles. The zero-order valence-electron chi connectivity index (χ0n) is 13.7. The van der Waals surface area contributed by atoms with Crippen LogP contribution >= 0.6 is 0 Å². The first-order valence-corrected chi connectivity index (χ1v) is 9.52. The molecule has 1 aromatic carbocycles. The van der Waals surface area contributed by atoms with E-state index in [1.807, 2.05) is 30.3 Å². The molecule has 6 nitrogen and oxygen atoms in total. The number of sulfonamides is 1. The Morgan fingerprint density at radius 2 is 1.92 bits per heavy atom. The number of aromatic nitrogens is 1. The number of rotatable bonds is 4. The first-order valence-electron chi connectivity index (χ1n) is 8.08.